The molecule has 1 heterocycles. The number of hydrogen-bond acceptors (Lipinski definition) is 5. The van der Waals surface area contributed by atoms with Crippen molar-refractivity contribution in [1.82, 2.24) is 4.31 Å². The lowest BCUT2D eigenvalue weighted by atomic mass is 10.3. The number of carboxylic acids is 1. The lowest BCUT2D eigenvalue weighted by Crippen LogP contribution is -2.38. The zero-order valence-corrected chi connectivity index (χ0v) is 13.1. The molecule has 0 bridgehead atoms. The Labute approximate surface area is 132 Å². The third-order valence-electron chi connectivity index (χ3n) is 3.43. The lowest BCUT2D eigenvalue weighted by molar-refractivity contribution is -0.137. The largest absolute Gasteiger partial charge is 0.486 e. The van der Waals surface area contributed by atoms with Gasteiger partial charge in [0, 0.05) is 6.04 Å². The van der Waals surface area contributed by atoms with Crippen LogP contribution in [0.2, 0.25) is 5.02 Å². The second kappa shape index (κ2) is 5.60. The standard InChI is InChI=1S/C13H14ClNO6S/c14-9-3-4-10-12(21-6-5-20-10)13(9)22(18,19)15(7-11(16)17)8-1-2-8/h3-4,8H,1-2,5-7H2,(H,16,17). The third-order valence-corrected chi connectivity index (χ3v) is 5.82. The maximum Gasteiger partial charge on any atom is 0.318 e. The number of fused-ring (bicyclic) bond motifs is 1. The topological polar surface area (TPSA) is 93.1 Å². The predicted octanol–water partition coefficient (Wildman–Crippen LogP) is 1.35. The Balaban J connectivity index is 2.10. The molecule has 0 saturated heterocycles. The second-order valence-electron chi connectivity index (χ2n) is 5.08. The molecular formula is C13H14ClNO6S. The number of benzene rings is 1. The summed E-state index contributed by atoms with van der Waals surface area (Å²) in [7, 11) is -4.09. The summed E-state index contributed by atoms with van der Waals surface area (Å²) in [6.45, 7) is -0.0817. The molecule has 1 N–H and O–H groups in total. The first-order chi connectivity index (χ1) is 10.4. The molecule has 1 aliphatic carbocycles. The molecule has 2 aliphatic rings. The summed E-state index contributed by atoms with van der Waals surface area (Å²) >= 11 is 6.06. The van der Waals surface area contributed by atoms with Gasteiger partial charge in [-0.05, 0) is 25.0 Å². The van der Waals surface area contributed by atoms with Gasteiger partial charge < -0.3 is 14.6 Å². The molecule has 0 spiro atoms. The van der Waals surface area contributed by atoms with E-state index in [1.54, 1.807) is 0 Å². The summed E-state index contributed by atoms with van der Waals surface area (Å²) in [5.41, 5.74) is 0. The zero-order chi connectivity index (χ0) is 15.9. The molecule has 1 aromatic carbocycles. The van der Waals surface area contributed by atoms with E-state index in [1.807, 2.05) is 0 Å². The maximum absolute atomic E-state index is 12.9. The van der Waals surface area contributed by atoms with Crippen LogP contribution in [0.25, 0.3) is 0 Å². The maximum atomic E-state index is 12.9. The van der Waals surface area contributed by atoms with Crippen molar-refractivity contribution in [3.8, 4) is 11.5 Å². The number of halogens is 1. The van der Waals surface area contributed by atoms with E-state index in [4.69, 9.17) is 26.2 Å². The van der Waals surface area contributed by atoms with E-state index in [0.717, 1.165) is 4.31 Å². The van der Waals surface area contributed by atoms with Crippen LogP contribution < -0.4 is 9.47 Å². The van der Waals surface area contributed by atoms with Gasteiger partial charge in [-0.2, -0.15) is 4.31 Å². The molecule has 1 aliphatic heterocycles. The van der Waals surface area contributed by atoms with Gasteiger partial charge in [0.05, 0.1) is 5.02 Å². The zero-order valence-electron chi connectivity index (χ0n) is 11.5. The molecule has 0 radical (unpaired) electrons. The molecule has 0 atom stereocenters. The van der Waals surface area contributed by atoms with Crippen molar-refractivity contribution < 1.29 is 27.8 Å². The minimum Gasteiger partial charge on any atom is -0.486 e. The van der Waals surface area contributed by atoms with Gasteiger partial charge in [-0.25, -0.2) is 8.42 Å². The Kier molecular flexibility index (Phi) is 3.92. The molecule has 9 heteroatoms. The van der Waals surface area contributed by atoms with Crippen LogP contribution in [0.15, 0.2) is 17.0 Å². The molecular weight excluding hydrogens is 334 g/mol. The normalized spacial score (nSPS) is 17.5. The molecule has 120 valence electrons. The SMILES string of the molecule is O=C(O)CN(C1CC1)S(=O)(=O)c1c(Cl)ccc2c1OCCO2. The fraction of sp³-hybridized carbons (Fsp3) is 0.462. The molecule has 3 rings (SSSR count). The van der Waals surface area contributed by atoms with Gasteiger partial charge in [-0.1, -0.05) is 11.6 Å². The fourth-order valence-corrected chi connectivity index (χ4v) is 4.60. The van der Waals surface area contributed by atoms with E-state index in [9.17, 15) is 13.2 Å². The Morgan fingerprint density at radius 2 is 2.00 bits per heavy atom. The summed E-state index contributed by atoms with van der Waals surface area (Å²) in [6.07, 6.45) is 1.27. The average molecular weight is 348 g/mol. The van der Waals surface area contributed by atoms with Crippen molar-refractivity contribution >= 4 is 27.6 Å². The first-order valence-electron chi connectivity index (χ1n) is 6.73. The highest BCUT2D eigenvalue weighted by molar-refractivity contribution is 7.89. The van der Waals surface area contributed by atoms with Gasteiger partial charge in [-0.15, -0.1) is 0 Å². The van der Waals surface area contributed by atoms with Crippen molar-refractivity contribution in [3.63, 3.8) is 0 Å². The van der Waals surface area contributed by atoms with Crippen LogP contribution in [0, 0.1) is 0 Å². The molecule has 1 saturated carbocycles. The Morgan fingerprint density at radius 1 is 1.32 bits per heavy atom. The van der Waals surface area contributed by atoms with Gasteiger partial charge in [0.25, 0.3) is 0 Å². The molecule has 0 aromatic heterocycles. The number of rotatable bonds is 5. The second-order valence-corrected chi connectivity index (χ2v) is 7.31. The molecule has 1 aromatic rings. The third kappa shape index (κ3) is 2.73. The van der Waals surface area contributed by atoms with E-state index in [1.165, 1.54) is 12.1 Å². The van der Waals surface area contributed by atoms with E-state index >= 15 is 0 Å². The molecule has 1 fully saturated rings. The minimum absolute atomic E-state index is 0.0136. The predicted molar refractivity (Wildman–Crippen MR) is 77.0 cm³/mol. The minimum atomic E-state index is -4.09. The highest BCUT2D eigenvalue weighted by Gasteiger charge is 2.42. The summed E-state index contributed by atoms with van der Waals surface area (Å²) in [5, 5.41) is 8.97. The van der Waals surface area contributed by atoms with Gasteiger partial charge in [0.1, 0.15) is 24.7 Å². The Morgan fingerprint density at radius 3 is 2.64 bits per heavy atom. The number of carboxylic acid groups (broad SMARTS) is 1. The summed E-state index contributed by atoms with van der Waals surface area (Å²) < 4.78 is 37.5. The number of sulfonamides is 1. The molecule has 7 nitrogen and oxygen atoms in total. The van der Waals surface area contributed by atoms with Crippen molar-refractivity contribution in [3.05, 3.63) is 17.2 Å². The van der Waals surface area contributed by atoms with Crippen LogP contribution in [0.1, 0.15) is 12.8 Å². The average Bonchev–Trinajstić information content (AvgIpc) is 3.28. The van der Waals surface area contributed by atoms with Crippen LogP contribution in [0.5, 0.6) is 11.5 Å². The quantitative estimate of drug-likeness (QED) is 0.864. The van der Waals surface area contributed by atoms with Gasteiger partial charge in [-0.3, -0.25) is 4.79 Å². The highest BCUT2D eigenvalue weighted by atomic mass is 35.5. The van der Waals surface area contributed by atoms with Gasteiger partial charge >= 0.3 is 5.97 Å². The van der Waals surface area contributed by atoms with Gasteiger partial charge in [0.15, 0.2) is 11.5 Å². The van der Waals surface area contributed by atoms with E-state index < -0.39 is 22.5 Å². The van der Waals surface area contributed by atoms with Crippen molar-refractivity contribution in [2.75, 3.05) is 19.8 Å². The smallest absolute Gasteiger partial charge is 0.318 e. The van der Waals surface area contributed by atoms with Crippen LogP contribution in [0.3, 0.4) is 0 Å². The van der Waals surface area contributed by atoms with Crippen LogP contribution in [0.4, 0.5) is 0 Å². The molecule has 0 unspecified atom stereocenters. The Hall–Kier alpha value is -1.51. The summed E-state index contributed by atoms with van der Waals surface area (Å²) in [6, 6.07) is 2.64. The number of hydrogen-bond donors (Lipinski definition) is 1. The molecule has 0 amide bonds. The first kappa shape index (κ1) is 15.4. The van der Waals surface area contributed by atoms with E-state index in [2.05, 4.69) is 0 Å². The number of aliphatic carboxylic acids is 1. The first-order valence-corrected chi connectivity index (χ1v) is 8.55. The Bertz CT molecular complexity index is 715. The van der Waals surface area contributed by atoms with Crippen LogP contribution >= 0.6 is 11.6 Å². The number of ether oxygens (including phenoxy) is 2. The van der Waals surface area contributed by atoms with Crippen LogP contribution in [-0.2, 0) is 14.8 Å². The van der Waals surface area contributed by atoms with E-state index in [0.29, 0.717) is 25.2 Å². The summed E-state index contributed by atoms with van der Waals surface area (Å²) in [4.78, 5) is 10.8. The number of carbonyl (C=O) groups is 1. The summed E-state index contributed by atoms with van der Waals surface area (Å²) in [5.74, 6) is -0.872. The lowest BCUT2D eigenvalue weighted by Gasteiger charge is -2.25. The van der Waals surface area contributed by atoms with Crippen LogP contribution in [-0.4, -0.2) is 49.6 Å². The van der Waals surface area contributed by atoms with Gasteiger partial charge in [0.2, 0.25) is 10.0 Å². The van der Waals surface area contributed by atoms with Crippen molar-refractivity contribution in [2.45, 2.75) is 23.8 Å². The number of nitrogens with zero attached hydrogens (tertiary/aromatic N) is 1. The van der Waals surface area contributed by atoms with Crippen molar-refractivity contribution in [1.29, 1.82) is 0 Å². The fourth-order valence-electron chi connectivity index (χ4n) is 2.33. The van der Waals surface area contributed by atoms with E-state index in [-0.39, 0.29) is 28.3 Å². The highest BCUT2D eigenvalue weighted by Crippen LogP contribution is 2.44. The molecule has 22 heavy (non-hydrogen) atoms. The monoisotopic (exact) mass is 347 g/mol. The van der Waals surface area contributed by atoms with Crippen molar-refractivity contribution in [2.24, 2.45) is 0 Å².